The smallest absolute Gasteiger partial charge is 0.252 e. The van der Waals surface area contributed by atoms with E-state index in [0.29, 0.717) is 18.2 Å². The topological polar surface area (TPSA) is 94.0 Å². The van der Waals surface area contributed by atoms with E-state index in [-0.39, 0.29) is 6.61 Å². The Labute approximate surface area is 147 Å². The minimum absolute atomic E-state index is 0.0575. The molecule has 0 spiro atoms. The highest BCUT2D eigenvalue weighted by Crippen LogP contribution is 2.16. The molecule has 0 radical (unpaired) electrons. The van der Waals surface area contributed by atoms with Crippen LogP contribution in [-0.2, 0) is 25.8 Å². The van der Waals surface area contributed by atoms with Gasteiger partial charge in [0.25, 0.3) is 5.78 Å². The molecule has 3 heterocycles. The molecule has 3 aromatic rings. The maximum absolute atomic E-state index is 9.29. The molecule has 134 valence electrons. The number of nitrogens with zero attached hydrogens (tertiary/aromatic N) is 7. The highest BCUT2D eigenvalue weighted by Gasteiger charge is 2.15. The van der Waals surface area contributed by atoms with E-state index in [1.54, 1.807) is 4.52 Å². The van der Waals surface area contributed by atoms with Crippen molar-refractivity contribution in [3.05, 3.63) is 34.9 Å². The summed E-state index contributed by atoms with van der Waals surface area (Å²) in [7, 11) is 0. The fraction of sp³-hybridized carbons (Fsp3) is 0.588. The van der Waals surface area contributed by atoms with Gasteiger partial charge in [-0.15, -0.1) is 0 Å². The molecular weight excluding hydrogens is 318 g/mol. The van der Waals surface area contributed by atoms with E-state index in [2.05, 4.69) is 39.0 Å². The zero-order valence-electron chi connectivity index (χ0n) is 15.3. The Morgan fingerprint density at radius 3 is 2.68 bits per heavy atom. The molecule has 3 rings (SSSR count). The number of hydrogen-bond acceptors (Lipinski definition) is 6. The first-order chi connectivity index (χ1) is 12.0. The number of hydrogen-bond donors (Lipinski definition) is 1. The van der Waals surface area contributed by atoms with Crippen LogP contribution in [0, 0.1) is 19.8 Å². The minimum atomic E-state index is 0.0575. The standard InChI is InChI=1S/C17H25N7O/c1-11(2)9-15-21-16(23(22-15)7-8-25)6-5-14-12(3)20-17-18-10-19-24(17)13(14)4/h10-11,25H,5-9H2,1-4H3. The van der Waals surface area contributed by atoms with Crippen LogP contribution in [0.5, 0.6) is 0 Å². The summed E-state index contributed by atoms with van der Waals surface area (Å²) in [5.41, 5.74) is 3.17. The predicted molar refractivity (Wildman–Crippen MR) is 93.3 cm³/mol. The van der Waals surface area contributed by atoms with Gasteiger partial charge in [0.1, 0.15) is 12.2 Å². The highest BCUT2D eigenvalue weighted by molar-refractivity contribution is 5.36. The van der Waals surface area contributed by atoms with Gasteiger partial charge in [0.05, 0.1) is 13.2 Å². The molecule has 8 heteroatoms. The first-order valence-electron chi connectivity index (χ1n) is 8.68. The van der Waals surface area contributed by atoms with Crippen molar-refractivity contribution in [2.75, 3.05) is 6.61 Å². The second-order valence-electron chi connectivity index (χ2n) is 6.72. The molecule has 3 aromatic heterocycles. The van der Waals surface area contributed by atoms with Crippen molar-refractivity contribution >= 4 is 5.78 Å². The summed E-state index contributed by atoms with van der Waals surface area (Å²) < 4.78 is 3.59. The molecule has 25 heavy (non-hydrogen) atoms. The SMILES string of the molecule is Cc1nc2ncnn2c(C)c1CCc1nc(CC(C)C)nn1CCO. The second-order valence-corrected chi connectivity index (χ2v) is 6.72. The monoisotopic (exact) mass is 343 g/mol. The van der Waals surface area contributed by atoms with Crippen LogP contribution in [0.15, 0.2) is 6.33 Å². The van der Waals surface area contributed by atoms with E-state index < -0.39 is 0 Å². The number of aliphatic hydroxyl groups excluding tert-OH is 1. The van der Waals surface area contributed by atoms with Gasteiger partial charge in [0.2, 0.25) is 0 Å². The van der Waals surface area contributed by atoms with Crippen LogP contribution in [0.1, 0.15) is 42.4 Å². The van der Waals surface area contributed by atoms with Gasteiger partial charge in [0, 0.05) is 24.2 Å². The molecular formula is C17H25N7O. The molecule has 0 aliphatic heterocycles. The summed E-state index contributed by atoms with van der Waals surface area (Å²) in [6.07, 6.45) is 3.91. The number of rotatable bonds is 7. The van der Waals surface area contributed by atoms with E-state index in [4.69, 9.17) is 0 Å². The van der Waals surface area contributed by atoms with E-state index in [0.717, 1.165) is 47.9 Å². The number of aryl methyl sites for hydroxylation is 3. The van der Waals surface area contributed by atoms with Crippen molar-refractivity contribution < 1.29 is 5.11 Å². The van der Waals surface area contributed by atoms with Gasteiger partial charge >= 0.3 is 0 Å². The maximum atomic E-state index is 9.29. The lowest BCUT2D eigenvalue weighted by molar-refractivity contribution is 0.266. The Balaban J connectivity index is 1.84. The molecule has 8 nitrogen and oxygen atoms in total. The molecule has 0 aliphatic rings. The van der Waals surface area contributed by atoms with E-state index in [1.807, 2.05) is 18.5 Å². The minimum Gasteiger partial charge on any atom is -0.394 e. The maximum Gasteiger partial charge on any atom is 0.252 e. The first kappa shape index (κ1) is 17.5. The van der Waals surface area contributed by atoms with Crippen molar-refractivity contribution in [1.29, 1.82) is 0 Å². The normalized spacial score (nSPS) is 11.8. The Morgan fingerprint density at radius 2 is 1.96 bits per heavy atom. The lowest BCUT2D eigenvalue weighted by Gasteiger charge is -2.10. The van der Waals surface area contributed by atoms with Crippen molar-refractivity contribution in [3.8, 4) is 0 Å². The Hall–Kier alpha value is -2.35. The molecule has 0 aliphatic carbocycles. The predicted octanol–water partition coefficient (Wildman–Crippen LogP) is 1.31. The quantitative estimate of drug-likeness (QED) is 0.695. The summed E-state index contributed by atoms with van der Waals surface area (Å²) in [6.45, 7) is 8.87. The summed E-state index contributed by atoms with van der Waals surface area (Å²) >= 11 is 0. The van der Waals surface area contributed by atoms with E-state index >= 15 is 0 Å². The number of fused-ring (bicyclic) bond motifs is 1. The highest BCUT2D eigenvalue weighted by atomic mass is 16.3. The third-order valence-electron chi connectivity index (χ3n) is 4.28. The largest absolute Gasteiger partial charge is 0.394 e. The second kappa shape index (κ2) is 7.26. The summed E-state index contributed by atoms with van der Waals surface area (Å²) in [5.74, 6) is 2.88. The van der Waals surface area contributed by atoms with Crippen molar-refractivity contribution in [2.45, 2.75) is 53.5 Å². The molecule has 0 amide bonds. The third kappa shape index (κ3) is 3.68. The lowest BCUT2D eigenvalue weighted by Crippen LogP contribution is -2.12. The molecule has 0 saturated heterocycles. The van der Waals surface area contributed by atoms with Crippen LogP contribution in [-0.4, -0.2) is 46.1 Å². The molecule has 0 atom stereocenters. The average molecular weight is 343 g/mol. The van der Waals surface area contributed by atoms with E-state index in [1.165, 1.54) is 6.33 Å². The molecule has 1 N–H and O–H groups in total. The fourth-order valence-electron chi connectivity index (χ4n) is 3.09. The molecule has 0 bridgehead atoms. The zero-order chi connectivity index (χ0) is 18.0. The zero-order valence-corrected chi connectivity index (χ0v) is 15.3. The van der Waals surface area contributed by atoms with Gasteiger partial charge in [-0.05, 0) is 31.7 Å². The van der Waals surface area contributed by atoms with Gasteiger partial charge in [-0.25, -0.2) is 19.2 Å². The summed E-state index contributed by atoms with van der Waals surface area (Å²) in [5, 5.41) is 18.1. The molecule has 0 fully saturated rings. The molecule has 0 saturated carbocycles. The first-order valence-corrected chi connectivity index (χ1v) is 8.68. The van der Waals surface area contributed by atoms with E-state index in [9.17, 15) is 5.11 Å². The summed E-state index contributed by atoms with van der Waals surface area (Å²) in [4.78, 5) is 13.4. The van der Waals surface area contributed by atoms with Crippen molar-refractivity contribution in [3.63, 3.8) is 0 Å². The average Bonchev–Trinajstić information content (AvgIpc) is 3.14. The van der Waals surface area contributed by atoms with Gasteiger partial charge < -0.3 is 5.11 Å². The Morgan fingerprint density at radius 1 is 1.16 bits per heavy atom. The van der Waals surface area contributed by atoms with Crippen LogP contribution in [0.4, 0.5) is 0 Å². The molecule has 0 aromatic carbocycles. The van der Waals surface area contributed by atoms with Crippen LogP contribution in [0.25, 0.3) is 5.78 Å². The van der Waals surface area contributed by atoms with Gasteiger partial charge in [-0.3, -0.25) is 0 Å². The fourth-order valence-corrected chi connectivity index (χ4v) is 3.09. The molecule has 0 unspecified atom stereocenters. The van der Waals surface area contributed by atoms with Gasteiger partial charge in [-0.1, -0.05) is 13.8 Å². The third-order valence-corrected chi connectivity index (χ3v) is 4.28. The van der Waals surface area contributed by atoms with Gasteiger partial charge in [0.15, 0.2) is 5.82 Å². The van der Waals surface area contributed by atoms with Gasteiger partial charge in [-0.2, -0.15) is 15.2 Å². The van der Waals surface area contributed by atoms with Crippen LogP contribution >= 0.6 is 0 Å². The Kier molecular flexibility index (Phi) is 5.08. The Bertz CT molecular complexity index is 865. The number of aliphatic hydroxyl groups is 1. The number of aromatic nitrogens is 7. The van der Waals surface area contributed by atoms with Crippen molar-refractivity contribution in [1.82, 2.24) is 34.3 Å². The summed E-state index contributed by atoms with van der Waals surface area (Å²) in [6, 6.07) is 0. The van der Waals surface area contributed by atoms with Crippen LogP contribution < -0.4 is 0 Å². The van der Waals surface area contributed by atoms with Crippen LogP contribution in [0.2, 0.25) is 0 Å². The lowest BCUT2D eigenvalue weighted by atomic mass is 10.1. The van der Waals surface area contributed by atoms with Crippen molar-refractivity contribution in [2.24, 2.45) is 5.92 Å². The van der Waals surface area contributed by atoms with Crippen LogP contribution in [0.3, 0.4) is 0 Å².